The van der Waals surface area contributed by atoms with Gasteiger partial charge in [-0.3, -0.25) is 9.79 Å². The molecule has 0 radical (unpaired) electrons. The quantitative estimate of drug-likeness (QED) is 0.265. The zero-order valence-electron chi connectivity index (χ0n) is 19.2. The second-order valence-corrected chi connectivity index (χ2v) is 8.07. The molecule has 174 valence electrons. The standard InChI is InChI=1S/C25H34N4O2.HI/c1-26-23(30)20-10-8-9-19(17-20)13-16-28-24(27-2)29-18-25(14-6-7-15-25)21-11-4-5-12-22(21)31-3;/h4-5,8-12,17H,6-7,13-16,18H2,1-3H3,(H,26,30)(H2,27,28,29);1H. The Kier molecular flexibility index (Phi) is 10.3. The molecule has 7 heteroatoms. The highest BCUT2D eigenvalue weighted by Gasteiger charge is 2.37. The number of guanidine groups is 1. The number of benzene rings is 2. The minimum Gasteiger partial charge on any atom is -0.496 e. The SMILES string of the molecule is CN=C(NCCc1cccc(C(=O)NC)c1)NCC1(c2ccccc2OC)CCCC1.I. The molecular weight excluding hydrogens is 515 g/mol. The third-order valence-corrected chi connectivity index (χ3v) is 6.18. The highest BCUT2D eigenvalue weighted by atomic mass is 127. The minimum absolute atomic E-state index is 0. The van der Waals surface area contributed by atoms with Crippen LogP contribution in [-0.2, 0) is 11.8 Å². The maximum absolute atomic E-state index is 11.8. The highest BCUT2D eigenvalue weighted by Crippen LogP contribution is 2.44. The van der Waals surface area contributed by atoms with Crippen molar-refractivity contribution in [2.75, 3.05) is 34.3 Å². The molecule has 32 heavy (non-hydrogen) atoms. The molecule has 0 unspecified atom stereocenters. The van der Waals surface area contributed by atoms with Gasteiger partial charge in [-0.05, 0) is 43.0 Å². The fourth-order valence-electron chi connectivity index (χ4n) is 4.49. The lowest BCUT2D eigenvalue weighted by Crippen LogP contribution is -2.45. The van der Waals surface area contributed by atoms with Gasteiger partial charge in [-0.25, -0.2) is 0 Å². The van der Waals surface area contributed by atoms with Gasteiger partial charge in [0.25, 0.3) is 5.91 Å². The summed E-state index contributed by atoms with van der Waals surface area (Å²) in [7, 11) is 5.19. The molecule has 1 amide bonds. The number of halogens is 1. The number of ether oxygens (including phenoxy) is 1. The zero-order chi connectivity index (χ0) is 22.1. The largest absolute Gasteiger partial charge is 0.496 e. The van der Waals surface area contributed by atoms with Gasteiger partial charge in [-0.15, -0.1) is 24.0 Å². The number of carbonyl (C=O) groups excluding carboxylic acids is 1. The predicted molar refractivity (Wildman–Crippen MR) is 141 cm³/mol. The van der Waals surface area contributed by atoms with Crippen molar-refractivity contribution in [3.8, 4) is 5.75 Å². The normalized spacial score (nSPS) is 14.9. The van der Waals surface area contributed by atoms with Crippen LogP contribution in [-0.4, -0.2) is 46.2 Å². The van der Waals surface area contributed by atoms with Crippen molar-refractivity contribution in [3.05, 3.63) is 65.2 Å². The Morgan fingerprint density at radius 1 is 1.09 bits per heavy atom. The molecule has 0 atom stereocenters. The van der Waals surface area contributed by atoms with Crippen LogP contribution in [0.2, 0.25) is 0 Å². The van der Waals surface area contributed by atoms with E-state index in [1.165, 1.54) is 18.4 Å². The number of hydrogen-bond donors (Lipinski definition) is 3. The Bertz CT molecular complexity index is 910. The maximum atomic E-state index is 11.8. The number of aliphatic imine (C=N–C) groups is 1. The van der Waals surface area contributed by atoms with Gasteiger partial charge in [0.15, 0.2) is 5.96 Å². The number of methoxy groups -OCH3 is 1. The van der Waals surface area contributed by atoms with Crippen LogP contribution in [0, 0.1) is 0 Å². The first-order chi connectivity index (χ1) is 15.1. The zero-order valence-corrected chi connectivity index (χ0v) is 21.6. The maximum Gasteiger partial charge on any atom is 0.251 e. The summed E-state index contributed by atoms with van der Waals surface area (Å²) < 4.78 is 5.66. The first-order valence-electron chi connectivity index (χ1n) is 11.0. The van der Waals surface area contributed by atoms with Crippen LogP contribution in [0.4, 0.5) is 0 Å². The summed E-state index contributed by atoms with van der Waals surface area (Å²) in [5.41, 5.74) is 3.14. The van der Waals surface area contributed by atoms with Crippen LogP contribution in [0.1, 0.15) is 47.2 Å². The first-order valence-corrected chi connectivity index (χ1v) is 11.0. The van der Waals surface area contributed by atoms with Gasteiger partial charge in [0, 0.05) is 43.7 Å². The van der Waals surface area contributed by atoms with E-state index in [9.17, 15) is 4.79 Å². The predicted octanol–water partition coefficient (Wildman–Crippen LogP) is 3.89. The Morgan fingerprint density at radius 2 is 1.84 bits per heavy atom. The lowest BCUT2D eigenvalue weighted by atomic mass is 9.78. The second kappa shape index (κ2) is 12.7. The summed E-state index contributed by atoms with van der Waals surface area (Å²) in [5, 5.41) is 9.62. The number of para-hydroxylation sites is 1. The topological polar surface area (TPSA) is 74.8 Å². The van der Waals surface area contributed by atoms with E-state index in [2.05, 4.69) is 39.1 Å². The molecule has 0 saturated heterocycles. The number of hydrogen-bond acceptors (Lipinski definition) is 3. The van der Waals surface area contributed by atoms with Crippen molar-refractivity contribution in [2.45, 2.75) is 37.5 Å². The molecule has 3 rings (SSSR count). The molecule has 1 fully saturated rings. The van der Waals surface area contributed by atoms with E-state index in [1.807, 2.05) is 30.3 Å². The van der Waals surface area contributed by atoms with Gasteiger partial charge in [-0.2, -0.15) is 0 Å². The molecule has 0 bridgehead atoms. The van der Waals surface area contributed by atoms with Crippen LogP contribution >= 0.6 is 24.0 Å². The van der Waals surface area contributed by atoms with Gasteiger partial charge in [0.2, 0.25) is 0 Å². The van der Waals surface area contributed by atoms with Crippen molar-refractivity contribution in [3.63, 3.8) is 0 Å². The van der Waals surface area contributed by atoms with Gasteiger partial charge in [-0.1, -0.05) is 43.2 Å². The molecule has 2 aromatic rings. The number of amides is 1. The minimum atomic E-state index is -0.0644. The Hall–Kier alpha value is -2.29. The van der Waals surface area contributed by atoms with Crippen molar-refractivity contribution in [2.24, 2.45) is 4.99 Å². The molecule has 0 aromatic heterocycles. The van der Waals surface area contributed by atoms with E-state index in [1.54, 1.807) is 21.2 Å². The van der Waals surface area contributed by atoms with Crippen LogP contribution in [0.5, 0.6) is 5.75 Å². The molecule has 2 aromatic carbocycles. The first kappa shape index (κ1) is 26.0. The number of carbonyl (C=O) groups is 1. The lowest BCUT2D eigenvalue weighted by molar-refractivity contribution is 0.0963. The van der Waals surface area contributed by atoms with E-state index in [4.69, 9.17) is 4.74 Å². The third-order valence-electron chi connectivity index (χ3n) is 6.18. The van der Waals surface area contributed by atoms with Gasteiger partial charge in [0.05, 0.1) is 7.11 Å². The number of nitrogens with zero attached hydrogens (tertiary/aromatic N) is 1. The average molecular weight is 550 g/mol. The summed E-state index contributed by atoms with van der Waals surface area (Å²) in [4.78, 5) is 16.2. The second-order valence-electron chi connectivity index (χ2n) is 8.07. The Balaban J connectivity index is 0.00000363. The fourth-order valence-corrected chi connectivity index (χ4v) is 4.49. The van der Waals surface area contributed by atoms with Crippen LogP contribution in [0.15, 0.2) is 53.5 Å². The molecule has 3 N–H and O–H groups in total. The number of rotatable bonds is 8. The van der Waals surface area contributed by atoms with Gasteiger partial charge in [0.1, 0.15) is 5.75 Å². The third kappa shape index (κ3) is 6.37. The number of nitrogens with one attached hydrogen (secondary N) is 3. The average Bonchev–Trinajstić information content (AvgIpc) is 3.31. The van der Waals surface area contributed by atoms with E-state index < -0.39 is 0 Å². The molecular formula is C25H35IN4O2. The van der Waals surface area contributed by atoms with Gasteiger partial charge >= 0.3 is 0 Å². The molecule has 1 saturated carbocycles. The Labute approximate surface area is 208 Å². The van der Waals surface area contributed by atoms with Crippen molar-refractivity contribution >= 4 is 35.8 Å². The van der Waals surface area contributed by atoms with Crippen LogP contribution in [0.3, 0.4) is 0 Å². The summed E-state index contributed by atoms with van der Waals surface area (Å²) in [6, 6.07) is 16.1. The van der Waals surface area contributed by atoms with Crippen molar-refractivity contribution in [1.29, 1.82) is 0 Å². The lowest BCUT2D eigenvalue weighted by Gasteiger charge is -2.32. The van der Waals surface area contributed by atoms with Crippen LogP contribution < -0.4 is 20.7 Å². The van der Waals surface area contributed by atoms with E-state index in [0.29, 0.717) is 5.56 Å². The summed E-state index contributed by atoms with van der Waals surface area (Å²) >= 11 is 0. The fraction of sp³-hybridized carbons (Fsp3) is 0.440. The van der Waals surface area contributed by atoms with E-state index >= 15 is 0 Å². The monoisotopic (exact) mass is 550 g/mol. The van der Waals surface area contributed by atoms with Crippen molar-refractivity contribution < 1.29 is 9.53 Å². The molecule has 1 aliphatic carbocycles. The summed E-state index contributed by atoms with van der Waals surface area (Å²) in [6.07, 6.45) is 5.55. The molecule has 0 aliphatic heterocycles. The summed E-state index contributed by atoms with van der Waals surface area (Å²) in [5.74, 6) is 1.69. The summed E-state index contributed by atoms with van der Waals surface area (Å²) in [6.45, 7) is 1.55. The smallest absolute Gasteiger partial charge is 0.251 e. The van der Waals surface area contributed by atoms with Gasteiger partial charge < -0.3 is 20.7 Å². The highest BCUT2D eigenvalue weighted by molar-refractivity contribution is 14.0. The van der Waals surface area contributed by atoms with E-state index in [0.717, 1.165) is 49.6 Å². The van der Waals surface area contributed by atoms with Crippen molar-refractivity contribution in [1.82, 2.24) is 16.0 Å². The molecule has 6 nitrogen and oxygen atoms in total. The van der Waals surface area contributed by atoms with E-state index in [-0.39, 0.29) is 35.3 Å². The Morgan fingerprint density at radius 3 is 2.53 bits per heavy atom. The molecule has 0 spiro atoms. The van der Waals surface area contributed by atoms with Crippen LogP contribution in [0.25, 0.3) is 0 Å². The molecule has 0 heterocycles. The molecule has 1 aliphatic rings.